The number of halogens is 2. The maximum absolute atomic E-state index is 12.2. The number of H-pyrrole nitrogens is 1. The smallest absolute Gasteiger partial charge is 0.267 e. The Balaban J connectivity index is 1.69. The maximum atomic E-state index is 12.2. The van der Waals surface area contributed by atoms with Crippen LogP contribution in [0.1, 0.15) is 11.1 Å². The van der Waals surface area contributed by atoms with E-state index < -0.39 is 0 Å². The average Bonchev–Trinajstić information content (AvgIpc) is 3.07. The molecule has 4 rings (SSSR count). The van der Waals surface area contributed by atoms with Crippen molar-refractivity contribution in [2.45, 2.75) is 6.42 Å². The first kappa shape index (κ1) is 16.0. The molecule has 3 aromatic rings. The van der Waals surface area contributed by atoms with E-state index in [9.17, 15) is 4.79 Å². The van der Waals surface area contributed by atoms with Crippen molar-refractivity contribution in [2.24, 2.45) is 0 Å². The van der Waals surface area contributed by atoms with Gasteiger partial charge in [0, 0.05) is 22.6 Å². The lowest BCUT2D eigenvalue weighted by Crippen LogP contribution is -2.15. The average molecular weight is 375 g/mol. The highest BCUT2D eigenvalue weighted by Crippen LogP contribution is 2.40. The van der Waals surface area contributed by atoms with Gasteiger partial charge in [-0.2, -0.15) is 5.10 Å². The van der Waals surface area contributed by atoms with Crippen LogP contribution in [0.5, 0.6) is 11.5 Å². The van der Waals surface area contributed by atoms with Gasteiger partial charge < -0.3 is 9.47 Å². The van der Waals surface area contributed by atoms with Crippen LogP contribution in [-0.4, -0.2) is 17.0 Å². The fraction of sp³-hybridized carbons (Fsp3) is 0.111. The minimum Gasteiger partial charge on any atom is -0.454 e. The second kappa shape index (κ2) is 6.43. The van der Waals surface area contributed by atoms with Crippen molar-refractivity contribution in [1.82, 2.24) is 10.2 Å². The van der Waals surface area contributed by atoms with Gasteiger partial charge in [-0.15, -0.1) is 0 Å². The van der Waals surface area contributed by atoms with E-state index >= 15 is 0 Å². The molecule has 0 unspecified atom stereocenters. The third kappa shape index (κ3) is 3.21. The molecule has 0 aliphatic carbocycles. The number of fused-ring (bicyclic) bond motifs is 1. The summed E-state index contributed by atoms with van der Waals surface area (Å²) < 4.78 is 10.7. The number of ether oxygens (including phenoxy) is 2. The highest BCUT2D eigenvalue weighted by molar-refractivity contribution is 6.32. The molecule has 0 bridgehead atoms. The van der Waals surface area contributed by atoms with Crippen LogP contribution in [0.4, 0.5) is 0 Å². The van der Waals surface area contributed by atoms with Gasteiger partial charge in [0.25, 0.3) is 5.56 Å². The first-order valence-electron chi connectivity index (χ1n) is 7.53. The zero-order chi connectivity index (χ0) is 17.4. The van der Waals surface area contributed by atoms with Crippen LogP contribution in [-0.2, 0) is 6.42 Å². The van der Waals surface area contributed by atoms with Crippen molar-refractivity contribution in [3.8, 4) is 22.8 Å². The Morgan fingerprint density at radius 1 is 1.08 bits per heavy atom. The molecule has 1 aromatic heterocycles. The Morgan fingerprint density at radius 3 is 2.68 bits per heavy atom. The van der Waals surface area contributed by atoms with Gasteiger partial charge >= 0.3 is 0 Å². The van der Waals surface area contributed by atoms with E-state index in [2.05, 4.69) is 10.2 Å². The first-order chi connectivity index (χ1) is 12.1. The van der Waals surface area contributed by atoms with Gasteiger partial charge in [-0.05, 0) is 35.9 Å². The molecule has 0 radical (unpaired) electrons. The second-order valence-corrected chi connectivity index (χ2v) is 6.45. The maximum Gasteiger partial charge on any atom is 0.267 e. The summed E-state index contributed by atoms with van der Waals surface area (Å²) >= 11 is 12.1. The first-order valence-corrected chi connectivity index (χ1v) is 8.28. The van der Waals surface area contributed by atoms with Gasteiger partial charge in [0.1, 0.15) is 0 Å². The Morgan fingerprint density at radius 2 is 1.88 bits per heavy atom. The standard InChI is InChI=1S/C18H12Cl2N2O3/c19-13-3-1-11(2-4-13)15-8-12(18(23)22-21-15)5-10-6-14(20)17-16(7-10)24-9-25-17/h1-4,6-8H,5,9H2,(H,22,23). The molecule has 1 aliphatic rings. The molecule has 0 spiro atoms. The lowest BCUT2D eigenvalue weighted by molar-refractivity contribution is 0.174. The lowest BCUT2D eigenvalue weighted by atomic mass is 10.0. The molecule has 126 valence electrons. The van der Waals surface area contributed by atoms with Gasteiger partial charge in [-0.25, -0.2) is 5.10 Å². The fourth-order valence-electron chi connectivity index (χ4n) is 2.69. The van der Waals surface area contributed by atoms with E-state index in [1.165, 1.54) is 0 Å². The molecule has 0 amide bonds. The minimum atomic E-state index is -0.244. The lowest BCUT2D eigenvalue weighted by Gasteiger charge is -2.07. The molecule has 5 nitrogen and oxygen atoms in total. The van der Waals surface area contributed by atoms with Crippen LogP contribution >= 0.6 is 23.2 Å². The number of nitrogens with one attached hydrogen (secondary N) is 1. The van der Waals surface area contributed by atoms with Crippen molar-refractivity contribution in [3.63, 3.8) is 0 Å². The fourth-order valence-corrected chi connectivity index (χ4v) is 3.10. The number of nitrogens with zero attached hydrogens (tertiary/aromatic N) is 1. The molecule has 2 aromatic carbocycles. The van der Waals surface area contributed by atoms with Gasteiger partial charge in [-0.3, -0.25) is 4.79 Å². The molecular formula is C18H12Cl2N2O3. The summed E-state index contributed by atoms with van der Waals surface area (Å²) in [6.45, 7) is 0.148. The molecule has 0 atom stereocenters. The number of aromatic nitrogens is 2. The van der Waals surface area contributed by atoms with E-state index in [-0.39, 0.29) is 12.4 Å². The highest BCUT2D eigenvalue weighted by Gasteiger charge is 2.19. The van der Waals surface area contributed by atoms with Crippen molar-refractivity contribution < 1.29 is 9.47 Å². The summed E-state index contributed by atoms with van der Waals surface area (Å²) in [5.41, 5.74) is 2.72. The summed E-state index contributed by atoms with van der Waals surface area (Å²) in [6, 6.07) is 12.6. The van der Waals surface area contributed by atoms with Crippen molar-refractivity contribution >= 4 is 23.2 Å². The van der Waals surface area contributed by atoms with Crippen LogP contribution in [0.2, 0.25) is 10.0 Å². The van der Waals surface area contributed by atoms with Crippen molar-refractivity contribution in [1.29, 1.82) is 0 Å². The molecule has 25 heavy (non-hydrogen) atoms. The van der Waals surface area contributed by atoms with Crippen molar-refractivity contribution in [2.75, 3.05) is 6.79 Å². The van der Waals surface area contributed by atoms with E-state index in [0.717, 1.165) is 11.1 Å². The number of hydrogen-bond donors (Lipinski definition) is 1. The normalized spacial score (nSPS) is 12.4. The summed E-state index contributed by atoms with van der Waals surface area (Å²) in [6.07, 6.45) is 0.398. The Kier molecular flexibility index (Phi) is 4.11. The van der Waals surface area contributed by atoms with E-state index in [0.29, 0.717) is 39.2 Å². The predicted octanol–water partition coefficient (Wildman–Crippen LogP) is 4.06. The van der Waals surface area contributed by atoms with Crippen molar-refractivity contribution in [3.05, 3.63) is 74.0 Å². The number of benzene rings is 2. The van der Waals surface area contributed by atoms with Crippen LogP contribution in [0.15, 0.2) is 47.3 Å². The van der Waals surface area contributed by atoms with E-state index in [4.69, 9.17) is 32.7 Å². The molecule has 2 heterocycles. The zero-order valence-electron chi connectivity index (χ0n) is 12.9. The quantitative estimate of drug-likeness (QED) is 0.750. The Hall–Kier alpha value is -2.50. The third-order valence-electron chi connectivity index (χ3n) is 3.90. The van der Waals surface area contributed by atoms with Gasteiger partial charge in [0.15, 0.2) is 11.5 Å². The molecule has 0 saturated heterocycles. The van der Waals surface area contributed by atoms with E-state index in [1.807, 2.05) is 18.2 Å². The molecule has 7 heteroatoms. The second-order valence-electron chi connectivity index (χ2n) is 5.60. The van der Waals surface area contributed by atoms with Crippen LogP contribution in [0, 0.1) is 0 Å². The SMILES string of the molecule is O=c1[nH]nc(-c2ccc(Cl)cc2)cc1Cc1cc(Cl)c2c(c1)OCO2. The number of aromatic amines is 1. The molecule has 0 saturated carbocycles. The highest BCUT2D eigenvalue weighted by atomic mass is 35.5. The number of hydrogen-bond acceptors (Lipinski definition) is 4. The van der Waals surface area contributed by atoms with Gasteiger partial charge in [0.05, 0.1) is 10.7 Å². The monoisotopic (exact) mass is 374 g/mol. The summed E-state index contributed by atoms with van der Waals surface area (Å²) in [5.74, 6) is 1.13. The summed E-state index contributed by atoms with van der Waals surface area (Å²) in [5, 5.41) is 7.75. The van der Waals surface area contributed by atoms with Crippen LogP contribution in [0.3, 0.4) is 0 Å². The minimum absolute atomic E-state index is 0.148. The molecule has 1 N–H and O–H groups in total. The Bertz CT molecular complexity index is 1000. The zero-order valence-corrected chi connectivity index (χ0v) is 14.4. The number of rotatable bonds is 3. The van der Waals surface area contributed by atoms with Crippen LogP contribution in [0.25, 0.3) is 11.3 Å². The summed E-state index contributed by atoms with van der Waals surface area (Å²) in [7, 11) is 0. The molecule has 1 aliphatic heterocycles. The topological polar surface area (TPSA) is 64.2 Å². The summed E-state index contributed by atoms with van der Waals surface area (Å²) in [4.78, 5) is 12.2. The molecular weight excluding hydrogens is 363 g/mol. The van der Waals surface area contributed by atoms with Gasteiger partial charge in [-0.1, -0.05) is 35.3 Å². The van der Waals surface area contributed by atoms with Gasteiger partial charge in [0.2, 0.25) is 6.79 Å². The van der Waals surface area contributed by atoms with E-state index in [1.54, 1.807) is 24.3 Å². The predicted molar refractivity (Wildman–Crippen MR) is 95.7 cm³/mol. The molecule has 0 fully saturated rings. The Labute approximate surface area is 153 Å². The third-order valence-corrected chi connectivity index (χ3v) is 4.43. The largest absolute Gasteiger partial charge is 0.454 e. The van der Waals surface area contributed by atoms with Crippen LogP contribution < -0.4 is 15.0 Å².